The van der Waals surface area contributed by atoms with E-state index in [2.05, 4.69) is 5.32 Å². The summed E-state index contributed by atoms with van der Waals surface area (Å²) in [5, 5.41) is 13.8. The van der Waals surface area contributed by atoms with Gasteiger partial charge in [0.1, 0.15) is 0 Å². The number of nitro benzene ring substituents is 1. The Labute approximate surface area is 109 Å². The number of nitrogens with zero attached hydrogens (tertiary/aromatic N) is 1. The highest BCUT2D eigenvalue weighted by Gasteiger charge is 2.12. The summed E-state index contributed by atoms with van der Waals surface area (Å²) in [6, 6.07) is 6.12. The summed E-state index contributed by atoms with van der Waals surface area (Å²) in [6.07, 6.45) is 0.909. The molecule has 100 valence electrons. The standard InChI is InChI=1S/C12H18N2O3S/c1-3-10(13-4-2)9-18(17)12-7-5-11(6-8-12)14(15)16/h5-8,10,13H,3-4,9H2,1-2H3. The summed E-state index contributed by atoms with van der Waals surface area (Å²) in [7, 11) is -1.12. The van der Waals surface area contributed by atoms with Crippen molar-refractivity contribution in [3.05, 3.63) is 34.4 Å². The second kappa shape index (κ2) is 7.23. The smallest absolute Gasteiger partial charge is 0.269 e. The third kappa shape index (κ3) is 4.19. The minimum atomic E-state index is -1.12. The maximum atomic E-state index is 12.1. The molecule has 1 aromatic rings. The molecule has 0 saturated carbocycles. The van der Waals surface area contributed by atoms with E-state index in [1.54, 1.807) is 12.1 Å². The molecule has 0 bridgehead atoms. The van der Waals surface area contributed by atoms with Gasteiger partial charge in [0.25, 0.3) is 5.69 Å². The number of nitro groups is 1. The van der Waals surface area contributed by atoms with Crippen LogP contribution < -0.4 is 5.32 Å². The van der Waals surface area contributed by atoms with Crippen LogP contribution in [0.1, 0.15) is 20.3 Å². The monoisotopic (exact) mass is 270 g/mol. The molecular weight excluding hydrogens is 252 g/mol. The first kappa shape index (κ1) is 14.8. The normalized spacial score (nSPS) is 14.1. The summed E-state index contributed by atoms with van der Waals surface area (Å²) in [5.41, 5.74) is 0.0227. The molecule has 0 aromatic heterocycles. The molecule has 0 aliphatic rings. The average Bonchev–Trinajstić information content (AvgIpc) is 2.38. The van der Waals surface area contributed by atoms with E-state index in [9.17, 15) is 14.3 Å². The van der Waals surface area contributed by atoms with Crippen LogP contribution in [0.5, 0.6) is 0 Å². The molecule has 1 rings (SSSR count). The molecule has 0 amide bonds. The van der Waals surface area contributed by atoms with E-state index in [0.717, 1.165) is 13.0 Å². The van der Waals surface area contributed by atoms with Crippen LogP contribution in [0.3, 0.4) is 0 Å². The van der Waals surface area contributed by atoms with Crippen molar-refractivity contribution < 1.29 is 9.13 Å². The van der Waals surface area contributed by atoms with Crippen molar-refractivity contribution in [3.8, 4) is 0 Å². The molecule has 1 aromatic carbocycles. The van der Waals surface area contributed by atoms with Crippen LogP contribution in [0.15, 0.2) is 29.2 Å². The lowest BCUT2D eigenvalue weighted by Gasteiger charge is -2.14. The van der Waals surface area contributed by atoms with Crippen LogP contribution in [0.2, 0.25) is 0 Å². The number of hydrogen-bond donors (Lipinski definition) is 1. The minimum absolute atomic E-state index is 0.0227. The Morgan fingerprint density at radius 2 is 1.94 bits per heavy atom. The van der Waals surface area contributed by atoms with E-state index in [4.69, 9.17) is 0 Å². The van der Waals surface area contributed by atoms with Gasteiger partial charge >= 0.3 is 0 Å². The van der Waals surface area contributed by atoms with E-state index < -0.39 is 15.7 Å². The molecule has 18 heavy (non-hydrogen) atoms. The average molecular weight is 270 g/mol. The molecule has 0 radical (unpaired) electrons. The van der Waals surface area contributed by atoms with Gasteiger partial charge in [-0.3, -0.25) is 14.3 Å². The highest BCUT2D eigenvalue weighted by molar-refractivity contribution is 7.85. The fraction of sp³-hybridized carbons (Fsp3) is 0.500. The lowest BCUT2D eigenvalue weighted by Crippen LogP contribution is -2.33. The zero-order chi connectivity index (χ0) is 13.5. The predicted octanol–water partition coefficient (Wildman–Crippen LogP) is 2.09. The fourth-order valence-electron chi connectivity index (χ4n) is 1.61. The van der Waals surface area contributed by atoms with Gasteiger partial charge in [0, 0.05) is 28.8 Å². The van der Waals surface area contributed by atoms with E-state index in [-0.39, 0.29) is 11.7 Å². The minimum Gasteiger partial charge on any atom is -0.313 e. The van der Waals surface area contributed by atoms with Crippen molar-refractivity contribution in [2.75, 3.05) is 12.3 Å². The number of rotatable bonds is 7. The molecule has 0 spiro atoms. The molecule has 0 aliphatic heterocycles. The second-order valence-electron chi connectivity index (χ2n) is 3.93. The molecule has 0 heterocycles. The van der Waals surface area contributed by atoms with Crippen LogP contribution in [0.25, 0.3) is 0 Å². The van der Waals surface area contributed by atoms with Crippen LogP contribution in [-0.4, -0.2) is 27.5 Å². The van der Waals surface area contributed by atoms with Crippen LogP contribution in [0, 0.1) is 10.1 Å². The Morgan fingerprint density at radius 3 is 2.39 bits per heavy atom. The van der Waals surface area contributed by atoms with Gasteiger partial charge in [0.05, 0.1) is 15.7 Å². The largest absolute Gasteiger partial charge is 0.313 e. The molecule has 0 aliphatic carbocycles. The summed E-state index contributed by atoms with van der Waals surface area (Å²) in [5.74, 6) is 0.530. The fourth-order valence-corrected chi connectivity index (χ4v) is 2.96. The lowest BCUT2D eigenvalue weighted by molar-refractivity contribution is -0.384. The van der Waals surface area contributed by atoms with Crippen molar-refractivity contribution in [2.24, 2.45) is 0 Å². The molecule has 0 saturated heterocycles. The van der Waals surface area contributed by atoms with E-state index in [0.29, 0.717) is 10.6 Å². The Hall–Kier alpha value is -1.27. The predicted molar refractivity (Wildman–Crippen MR) is 72.1 cm³/mol. The molecule has 2 unspecified atom stereocenters. The topological polar surface area (TPSA) is 72.2 Å². The highest BCUT2D eigenvalue weighted by atomic mass is 32.2. The maximum absolute atomic E-state index is 12.1. The zero-order valence-corrected chi connectivity index (χ0v) is 11.4. The molecule has 2 atom stereocenters. The van der Waals surface area contributed by atoms with E-state index in [1.165, 1.54) is 12.1 Å². The van der Waals surface area contributed by atoms with Gasteiger partial charge in [-0.2, -0.15) is 0 Å². The van der Waals surface area contributed by atoms with Crippen molar-refractivity contribution in [3.63, 3.8) is 0 Å². The number of hydrogen-bond acceptors (Lipinski definition) is 4. The van der Waals surface area contributed by atoms with Crippen LogP contribution in [-0.2, 0) is 10.8 Å². The molecule has 5 nitrogen and oxygen atoms in total. The third-order valence-electron chi connectivity index (χ3n) is 2.65. The highest BCUT2D eigenvalue weighted by Crippen LogP contribution is 2.15. The maximum Gasteiger partial charge on any atom is 0.269 e. The molecule has 0 fully saturated rings. The van der Waals surface area contributed by atoms with Gasteiger partial charge in [-0.15, -0.1) is 0 Å². The van der Waals surface area contributed by atoms with Gasteiger partial charge < -0.3 is 5.32 Å². The number of non-ortho nitro benzene ring substituents is 1. The summed E-state index contributed by atoms with van der Waals surface area (Å²) < 4.78 is 12.1. The quantitative estimate of drug-likeness (QED) is 0.608. The summed E-state index contributed by atoms with van der Waals surface area (Å²) >= 11 is 0. The van der Waals surface area contributed by atoms with Gasteiger partial charge in [0.2, 0.25) is 0 Å². The van der Waals surface area contributed by atoms with Crippen molar-refractivity contribution >= 4 is 16.5 Å². The van der Waals surface area contributed by atoms with Gasteiger partial charge in [0.15, 0.2) is 0 Å². The first-order valence-corrected chi connectivity index (χ1v) is 7.26. The zero-order valence-electron chi connectivity index (χ0n) is 10.6. The summed E-state index contributed by atoms with van der Waals surface area (Å²) in [4.78, 5) is 10.7. The SMILES string of the molecule is CCNC(CC)CS(=O)c1ccc([N+](=O)[O-])cc1. The third-order valence-corrected chi connectivity index (χ3v) is 4.15. The second-order valence-corrected chi connectivity index (χ2v) is 5.42. The first-order valence-electron chi connectivity index (χ1n) is 5.94. The van der Waals surface area contributed by atoms with Crippen molar-refractivity contribution in [1.29, 1.82) is 0 Å². The Bertz CT molecular complexity index is 420. The van der Waals surface area contributed by atoms with Crippen molar-refractivity contribution in [1.82, 2.24) is 5.32 Å². The Kier molecular flexibility index (Phi) is 5.94. The van der Waals surface area contributed by atoms with Crippen LogP contribution >= 0.6 is 0 Å². The Morgan fingerprint density at radius 1 is 1.33 bits per heavy atom. The first-order chi connectivity index (χ1) is 8.58. The summed E-state index contributed by atoms with van der Waals surface area (Å²) in [6.45, 7) is 4.90. The Balaban J connectivity index is 2.69. The van der Waals surface area contributed by atoms with Gasteiger partial charge in [-0.1, -0.05) is 13.8 Å². The van der Waals surface area contributed by atoms with Gasteiger partial charge in [-0.05, 0) is 25.1 Å². The van der Waals surface area contributed by atoms with Crippen LogP contribution in [0.4, 0.5) is 5.69 Å². The van der Waals surface area contributed by atoms with Crippen molar-refractivity contribution in [2.45, 2.75) is 31.2 Å². The van der Waals surface area contributed by atoms with Gasteiger partial charge in [-0.25, -0.2) is 0 Å². The number of benzene rings is 1. The molecular formula is C12H18N2O3S. The molecule has 6 heteroatoms. The van der Waals surface area contributed by atoms with E-state index in [1.807, 2.05) is 13.8 Å². The van der Waals surface area contributed by atoms with E-state index >= 15 is 0 Å². The lowest BCUT2D eigenvalue weighted by atomic mass is 10.2. The number of nitrogens with one attached hydrogen (secondary N) is 1. The molecule has 1 N–H and O–H groups in total.